The zero-order valence-electron chi connectivity index (χ0n) is 25.7. The summed E-state index contributed by atoms with van der Waals surface area (Å²) in [7, 11) is 1.78. The van der Waals surface area contributed by atoms with Crippen LogP contribution in [0.1, 0.15) is 58.5 Å². The van der Waals surface area contributed by atoms with E-state index in [0.29, 0.717) is 35.2 Å². The second-order valence-corrected chi connectivity index (χ2v) is 12.3. The zero-order chi connectivity index (χ0) is 31.1. The van der Waals surface area contributed by atoms with E-state index in [9.17, 15) is 9.18 Å². The van der Waals surface area contributed by atoms with Crippen LogP contribution < -0.4 is 5.32 Å². The summed E-state index contributed by atoms with van der Waals surface area (Å²) < 4.78 is 37.4. The molecule has 4 heterocycles. The third-order valence-electron chi connectivity index (χ3n) is 7.44. The van der Waals surface area contributed by atoms with Gasteiger partial charge in [0.1, 0.15) is 28.6 Å². The van der Waals surface area contributed by atoms with Crippen molar-refractivity contribution in [1.29, 1.82) is 0 Å². The second-order valence-electron chi connectivity index (χ2n) is 12.3. The van der Waals surface area contributed by atoms with E-state index in [4.69, 9.17) is 4.74 Å². The number of fused-ring (bicyclic) bond motifs is 1. The summed E-state index contributed by atoms with van der Waals surface area (Å²) in [5.41, 5.74) is 1.82. The minimum absolute atomic E-state index is 0.0600. The van der Waals surface area contributed by atoms with Crippen LogP contribution >= 0.6 is 0 Å². The summed E-state index contributed by atoms with van der Waals surface area (Å²) in [6.45, 7) is 13.6. The minimum atomic E-state index is -0.575. The number of nitrogens with one attached hydrogen (secondary N) is 1. The molecule has 0 radical (unpaired) electrons. The number of halogens is 2. The van der Waals surface area contributed by atoms with Crippen molar-refractivity contribution in [3.63, 3.8) is 0 Å². The molecule has 1 fully saturated rings. The highest BCUT2D eigenvalue weighted by molar-refractivity contribution is 5.84. The fourth-order valence-electron chi connectivity index (χ4n) is 5.43. The molecule has 228 valence electrons. The van der Waals surface area contributed by atoms with Crippen molar-refractivity contribution in [2.45, 2.75) is 72.2 Å². The molecule has 0 bridgehead atoms. The van der Waals surface area contributed by atoms with E-state index in [1.165, 1.54) is 12.1 Å². The topological polar surface area (TPSA) is 101 Å². The number of carbonyl (C=O) groups excluding carboxylic acids is 1. The van der Waals surface area contributed by atoms with Gasteiger partial charge >= 0.3 is 6.09 Å². The number of carbonyl (C=O) groups is 1. The number of rotatable bonds is 7. The fourth-order valence-corrected chi connectivity index (χ4v) is 5.43. The van der Waals surface area contributed by atoms with E-state index < -0.39 is 17.2 Å². The van der Waals surface area contributed by atoms with Crippen LogP contribution in [-0.2, 0) is 11.3 Å². The Bertz CT molecular complexity index is 1630. The van der Waals surface area contributed by atoms with Gasteiger partial charge in [0.15, 0.2) is 5.82 Å². The molecule has 1 saturated heterocycles. The molecular weight excluding hydrogens is 554 g/mol. The van der Waals surface area contributed by atoms with Crippen LogP contribution in [0.25, 0.3) is 22.2 Å². The van der Waals surface area contributed by atoms with E-state index in [2.05, 4.69) is 30.2 Å². The van der Waals surface area contributed by atoms with Gasteiger partial charge in [-0.2, -0.15) is 0 Å². The van der Waals surface area contributed by atoms with E-state index >= 15 is 4.39 Å². The summed E-state index contributed by atoms with van der Waals surface area (Å²) in [5.74, 6) is 0.227. The Kier molecular flexibility index (Phi) is 8.33. The Hall–Kier alpha value is -4.19. The minimum Gasteiger partial charge on any atom is -0.444 e. The van der Waals surface area contributed by atoms with Crippen molar-refractivity contribution in [3.05, 3.63) is 59.8 Å². The first-order chi connectivity index (χ1) is 20.3. The molecule has 1 aliphatic rings. The van der Waals surface area contributed by atoms with Gasteiger partial charge in [0, 0.05) is 62.3 Å². The lowest BCUT2D eigenvalue weighted by molar-refractivity contribution is 0.0228. The van der Waals surface area contributed by atoms with E-state index in [-0.39, 0.29) is 29.3 Å². The molecule has 10 nitrogen and oxygen atoms in total. The lowest BCUT2D eigenvalue weighted by atomic mass is 10.0. The number of nitrogens with zero attached hydrogens (tertiary/aromatic N) is 7. The quantitative estimate of drug-likeness (QED) is 0.269. The molecule has 5 rings (SSSR count). The average molecular weight is 593 g/mol. The SMILES string of the molecule is Cc1nc2c(F)cc(-c3cc(Nc4ncc(CN5CC[C@@H](N(C)C(=O)OC(C)(C)C)C5)cn4)ncc3F)cc2n1C(C)C. The van der Waals surface area contributed by atoms with Crippen LogP contribution in [-0.4, -0.2) is 72.2 Å². The lowest BCUT2D eigenvalue weighted by Crippen LogP contribution is -2.42. The van der Waals surface area contributed by atoms with Gasteiger partial charge < -0.3 is 19.5 Å². The lowest BCUT2D eigenvalue weighted by Gasteiger charge is -2.28. The number of imidazole rings is 1. The molecule has 4 aromatic rings. The molecule has 12 heteroatoms. The smallest absolute Gasteiger partial charge is 0.410 e. The molecule has 0 saturated carbocycles. The van der Waals surface area contributed by atoms with E-state index in [1.54, 1.807) is 30.4 Å². The first-order valence-electron chi connectivity index (χ1n) is 14.4. The number of benzene rings is 1. The molecule has 1 amide bonds. The number of hydrogen-bond acceptors (Lipinski definition) is 8. The Balaban J connectivity index is 1.26. The summed E-state index contributed by atoms with van der Waals surface area (Å²) in [6, 6.07) is 4.69. The molecule has 0 spiro atoms. The van der Waals surface area contributed by atoms with Crippen molar-refractivity contribution in [3.8, 4) is 11.1 Å². The number of likely N-dealkylation sites (N-methyl/N-ethyl adjacent to an activating group) is 1. The van der Waals surface area contributed by atoms with Crippen LogP contribution in [0.4, 0.5) is 25.3 Å². The van der Waals surface area contributed by atoms with Crippen molar-refractivity contribution >= 4 is 28.9 Å². The first kappa shape index (κ1) is 30.3. The number of likely N-dealkylation sites (tertiary alicyclic amines) is 1. The maximum Gasteiger partial charge on any atom is 0.410 e. The van der Waals surface area contributed by atoms with Crippen LogP contribution in [0.15, 0.2) is 36.8 Å². The van der Waals surface area contributed by atoms with Gasteiger partial charge in [-0.3, -0.25) is 4.90 Å². The number of ether oxygens (including phenoxy) is 1. The van der Waals surface area contributed by atoms with Gasteiger partial charge in [-0.15, -0.1) is 0 Å². The van der Waals surface area contributed by atoms with Crippen molar-refractivity contribution < 1.29 is 18.3 Å². The molecule has 0 aliphatic carbocycles. The number of aromatic nitrogens is 5. The molecule has 43 heavy (non-hydrogen) atoms. The Morgan fingerprint density at radius 1 is 1.12 bits per heavy atom. The normalized spacial score (nSPS) is 15.8. The Morgan fingerprint density at radius 2 is 1.84 bits per heavy atom. The summed E-state index contributed by atoms with van der Waals surface area (Å²) >= 11 is 0. The Morgan fingerprint density at radius 3 is 2.51 bits per heavy atom. The highest BCUT2D eigenvalue weighted by Crippen LogP contribution is 2.32. The number of anilines is 2. The highest BCUT2D eigenvalue weighted by Gasteiger charge is 2.31. The molecule has 1 N–H and O–H groups in total. The molecule has 3 aromatic heterocycles. The summed E-state index contributed by atoms with van der Waals surface area (Å²) in [4.78, 5) is 33.7. The third-order valence-corrected chi connectivity index (χ3v) is 7.44. The van der Waals surface area contributed by atoms with Gasteiger partial charge in [-0.25, -0.2) is 33.5 Å². The standard InChI is InChI=1S/C31H38F2N8O2/c1-18(2)41-19(3)37-28-24(32)10-21(11-26(28)41)23-12-27(34-15-25(23)33)38-29-35-13-20(14-36-29)16-40-9-8-22(17-40)39(7)30(42)43-31(4,5)6/h10-15,18,22H,8-9,16-17H2,1-7H3,(H,34,35,36,38)/t22-/m1/s1. The van der Waals surface area contributed by atoms with Gasteiger partial charge in [0.2, 0.25) is 5.95 Å². The van der Waals surface area contributed by atoms with Crippen molar-refractivity contribution in [2.75, 3.05) is 25.5 Å². The highest BCUT2D eigenvalue weighted by atomic mass is 19.1. The summed E-state index contributed by atoms with van der Waals surface area (Å²) in [6.07, 6.45) is 5.08. The molecule has 1 aliphatic heterocycles. The molecular formula is C31H38F2N8O2. The number of amides is 1. The van der Waals surface area contributed by atoms with Crippen molar-refractivity contribution in [1.82, 2.24) is 34.3 Å². The number of hydrogen-bond donors (Lipinski definition) is 1. The largest absolute Gasteiger partial charge is 0.444 e. The number of pyridine rings is 1. The predicted octanol–water partition coefficient (Wildman–Crippen LogP) is 6.24. The average Bonchev–Trinajstić information content (AvgIpc) is 3.53. The fraction of sp³-hybridized carbons (Fsp3) is 0.452. The maximum atomic E-state index is 15.0. The van der Waals surface area contributed by atoms with Crippen molar-refractivity contribution in [2.24, 2.45) is 0 Å². The van der Waals surface area contributed by atoms with Crippen LogP contribution in [0.2, 0.25) is 0 Å². The zero-order valence-corrected chi connectivity index (χ0v) is 25.7. The van der Waals surface area contributed by atoms with E-state index in [1.807, 2.05) is 46.1 Å². The number of aryl methyl sites for hydroxylation is 1. The van der Waals surface area contributed by atoms with Gasteiger partial charge in [-0.1, -0.05) is 0 Å². The second kappa shape index (κ2) is 11.8. The van der Waals surface area contributed by atoms with Crippen LogP contribution in [0.3, 0.4) is 0 Å². The van der Waals surface area contributed by atoms with Crippen LogP contribution in [0, 0.1) is 18.6 Å². The van der Waals surface area contributed by atoms with Gasteiger partial charge in [0.05, 0.1) is 11.7 Å². The van der Waals surface area contributed by atoms with Crippen LogP contribution in [0.5, 0.6) is 0 Å². The molecule has 0 unspecified atom stereocenters. The summed E-state index contributed by atoms with van der Waals surface area (Å²) in [5, 5.41) is 3.02. The van der Waals surface area contributed by atoms with E-state index in [0.717, 1.165) is 31.3 Å². The molecule has 1 atom stereocenters. The predicted molar refractivity (Wildman–Crippen MR) is 161 cm³/mol. The molecule has 1 aromatic carbocycles. The van der Waals surface area contributed by atoms with Gasteiger partial charge in [0.25, 0.3) is 0 Å². The maximum absolute atomic E-state index is 15.0. The van der Waals surface area contributed by atoms with Gasteiger partial charge in [-0.05, 0) is 71.7 Å². The first-order valence-corrected chi connectivity index (χ1v) is 14.4. The monoisotopic (exact) mass is 592 g/mol. The third kappa shape index (κ3) is 6.74. The Labute approximate surface area is 250 Å².